The van der Waals surface area contributed by atoms with Crippen molar-refractivity contribution in [2.24, 2.45) is 5.92 Å². The summed E-state index contributed by atoms with van der Waals surface area (Å²) in [4.78, 5) is 25.6. The van der Waals surface area contributed by atoms with Gasteiger partial charge < -0.3 is 24.0 Å². The molecular weight excluding hydrogens is 418 g/mol. The molecule has 0 aliphatic heterocycles. The average Bonchev–Trinajstić information content (AvgIpc) is 3.56. The summed E-state index contributed by atoms with van der Waals surface area (Å²) < 4.78 is 13.0. The van der Waals surface area contributed by atoms with Gasteiger partial charge in [-0.15, -0.1) is 0 Å². The summed E-state index contributed by atoms with van der Waals surface area (Å²) in [5.74, 6) is 2.20. The summed E-state index contributed by atoms with van der Waals surface area (Å²) in [6.07, 6.45) is 3.77. The van der Waals surface area contributed by atoms with Crippen molar-refractivity contribution < 1.29 is 18.4 Å². The van der Waals surface area contributed by atoms with Crippen LogP contribution in [-0.2, 0) is 42.1 Å². The van der Waals surface area contributed by atoms with Gasteiger partial charge in [-0.3, -0.25) is 9.59 Å². The minimum absolute atomic E-state index is 0.0442. The molecule has 4 aromatic rings. The topological polar surface area (TPSA) is 89.4 Å². The number of nitrogens with zero attached hydrogens (tertiary/aromatic N) is 1. The zero-order chi connectivity index (χ0) is 22.8. The van der Waals surface area contributed by atoms with Gasteiger partial charge in [-0.05, 0) is 62.1 Å². The molecule has 2 amide bonds. The Labute approximate surface area is 191 Å². The van der Waals surface area contributed by atoms with Gasteiger partial charge in [0.1, 0.15) is 23.8 Å². The normalized spacial score (nSPS) is 15.4. The number of aromatic nitrogens is 1. The predicted molar refractivity (Wildman–Crippen MR) is 123 cm³/mol. The van der Waals surface area contributed by atoms with Crippen LogP contribution < -0.4 is 10.6 Å². The van der Waals surface area contributed by atoms with Crippen molar-refractivity contribution in [3.05, 3.63) is 83.3 Å². The first kappa shape index (κ1) is 21.1. The highest BCUT2D eigenvalue weighted by molar-refractivity contribution is 5.89. The lowest BCUT2D eigenvalue weighted by Gasteiger charge is -2.23. The molecule has 1 aliphatic carbocycles. The number of hydrogen-bond acceptors (Lipinski definition) is 4. The maximum Gasteiger partial charge on any atom is 0.240 e. The molecule has 7 nitrogen and oxygen atoms in total. The van der Waals surface area contributed by atoms with Crippen LogP contribution in [0.4, 0.5) is 0 Å². The Morgan fingerprint density at radius 2 is 1.88 bits per heavy atom. The number of fused-ring (bicyclic) bond motifs is 3. The SMILES string of the molecule is Cc1ccc(CNC(=O)C2CCc3c(c4ccccc4n3CC(=O)NCc3ccco3)C2)o1. The number of para-hydroxylation sites is 1. The summed E-state index contributed by atoms with van der Waals surface area (Å²) in [6.45, 7) is 2.89. The van der Waals surface area contributed by atoms with Crippen molar-refractivity contribution in [1.29, 1.82) is 0 Å². The van der Waals surface area contributed by atoms with Crippen LogP contribution in [0.1, 0.15) is 35.0 Å². The fourth-order valence-corrected chi connectivity index (χ4v) is 4.70. The molecule has 3 aromatic heterocycles. The van der Waals surface area contributed by atoms with Gasteiger partial charge in [-0.1, -0.05) is 18.2 Å². The number of rotatable bonds is 7. The van der Waals surface area contributed by atoms with Gasteiger partial charge >= 0.3 is 0 Å². The molecule has 1 unspecified atom stereocenters. The molecule has 7 heteroatoms. The van der Waals surface area contributed by atoms with Crippen LogP contribution in [0, 0.1) is 12.8 Å². The molecule has 0 saturated carbocycles. The quantitative estimate of drug-likeness (QED) is 0.452. The first-order chi connectivity index (χ1) is 16.1. The van der Waals surface area contributed by atoms with Gasteiger partial charge in [-0.2, -0.15) is 0 Å². The lowest BCUT2D eigenvalue weighted by atomic mass is 9.85. The largest absolute Gasteiger partial charge is 0.467 e. The number of nitrogens with one attached hydrogen (secondary N) is 2. The van der Waals surface area contributed by atoms with Crippen molar-refractivity contribution in [2.45, 2.75) is 45.8 Å². The third-order valence-electron chi connectivity index (χ3n) is 6.32. The molecule has 1 aromatic carbocycles. The van der Waals surface area contributed by atoms with E-state index in [2.05, 4.69) is 21.3 Å². The number of carbonyl (C=O) groups is 2. The highest BCUT2D eigenvalue weighted by Gasteiger charge is 2.29. The second-order valence-corrected chi connectivity index (χ2v) is 8.55. The van der Waals surface area contributed by atoms with Gasteiger partial charge in [0.15, 0.2) is 0 Å². The molecule has 2 N–H and O–H groups in total. The third kappa shape index (κ3) is 4.44. The number of carbonyl (C=O) groups excluding carboxylic acids is 2. The van der Waals surface area contributed by atoms with Crippen LogP contribution in [0.5, 0.6) is 0 Å². The Morgan fingerprint density at radius 3 is 2.67 bits per heavy atom. The highest BCUT2D eigenvalue weighted by Crippen LogP contribution is 2.34. The van der Waals surface area contributed by atoms with E-state index in [9.17, 15) is 9.59 Å². The molecule has 0 radical (unpaired) electrons. The van der Waals surface area contributed by atoms with E-state index in [1.165, 1.54) is 5.56 Å². The monoisotopic (exact) mass is 445 g/mol. The summed E-state index contributed by atoms with van der Waals surface area (Å²) in [5, 5.41) is 7.06. The minimum Gasteiger partial charge on any atom is -0.467 e. The highest BCUT2D eigenvalue weighted by atomic mass is 16.3. The number of furan rings is 2. The molecule has 0 bridgehead atoms. The number of amides is 2. The van der Waals surface area contributed by atoms with Crippen molar-refractivity contribution in [3.8, 4) is 0 Å². The predicted octanol–water partition coefficient (Wildman–Crippen LogP) is 3.87. The smallest absolute Gasteiger partial charge is 0.240 e. The lowest BCUT2D eigenvalue weighted by molar-refractivity contribution is -0.125. The van der Waals surface area contributed by atoms with E-state index in [4.69, 9.17) is 8.83 Å². The minimum atomic E-state index is -0.0967. The van der Waals surface area contributed by atoms with E-state index >= 15 is 0 Å². The Bertz CT molecular complexity index is 1280. The third-order valence-corrected chi connectivity index (χ3v) is 6.32. The average molecular weight is 446 g/mol. The van der Waals surface area contributed by atoms with Gasteiger partial charge in [0.05, 0.1) is 19.4 Å². The standard InChI is InChI=1S/C26H27N3O4/c1-17-8-10-20(33-17)15-28-26(31)18-9-11-24-22(13-18)21-6-2-3-7-23(21)29(24)16-25(30)27-14-19-5-4-12-32-19/h2-8,10,12,18H,9,11,13-16H2,1H3,(H,27,30)(H,28,31). The molecule has 5 rings (SSSR count). The Morgan fingerprint density at radius 1 is 1.03 bits per heavy atom. The van der Waals surface area contributed by atoms with E-state index in [1.54, 1.807) is 12.3 Å². The summed E-state index contributed by atoms with van der Waals surface area (Å²) in [6, 6.07) is 15.5. The lowest BCUT2D eigenvalue weighted by Crippen LogP contribution is -2.34. The maximum absolute atomic E-state index is 12.9. The first-order valence-electron chi connectivity index (χ1n) is 11.3. The van der Waals surface area contributed by atoms with Crippen molar-refractivity contribution in [3.63, 3.8) is 0 Å². The number of aryl methyl sites for hydroxylation is 1. The summed E-state index contributed by atoms with van der Waals surface area (Å²) in [7, 11) is 0. The van der Waals surface area contributed by atoms with E-state index in [-0.39, 0.29) is 24.3 Å². The van der Waals surface area contributed by atoms with Crippen LogP contribution in [0.25, 0.3) is 10.9 Å². The van der Waals surface area contributed by atoms with E-state index in [1.807, 2.05) is 43.3 Å². The summed E-state index contributed by atoms with van der Waals surface area (Å²) >= 11 is 0. The van der Waals surface area contributed by atoms with Gasteiger partial charge in [0, 0.05) is 22.5 Å². The molecule has 1 atom stereocenters. The Kier molecular flexibility index (Phi) is 5.77. The molecular formula is C26H27N3O4. The first-order valence-corrected chi connectivity index (χ1v) is 11.3. The molecule has 0 saturated heterocycles. The Balaban J connectivity index is 1.31. The Hall–Kier alpha value is -3.74. The summed E-state index contributed by atoms with van der Waals surface area (Å²) in [5.41, 5.74) is 3.35. The van der Waals surface area contributed by atoms with Crippen LogP contribution in [0.2, 0.25) is 0 Å². The van der Waals surface area contributed by atoms with Crippen LogP contribution in [0.15, 0.2) is 63.6 Å². The molecule has 1 aliphatic rings. The van der Waals surface area contributed by atoms with Crippen LogP contribution >= 0.6 is 0 Å². The fraction of sp³-hybridized carbons (Fsp3) is 0.308. The second kappa shape index (κ2) is 9.02. The van der Waals surface area contributed by atoms with Crippen LogP contribution in [0.3, 0.4) is 0 Å². The second-order valence-electron chi connectivity index (χ2n) is 8.55. The zero-order valence-electron chi connectivity index (χ0n) is 18.6. The fourth-order valence-electron chi connectivity index (χ4n) is 4.70. The van der Waals surface area contributed by atoms with E-state index in [0.29, 0.717) is 19.5 Å². The number of hydrogen-bond donors (Lipinski definition) is 2. The van der Waals surface area contributed by atoms with E-state index in [0.717, 1.165) is 46.7 Å². The number of benzene rings is 1. The molecule has 0 fully saturated rings. The van der Waals surface area contributed by atoms with Crippen LogP contribution in [-0.4, -0.2) is 16.4 Å². The molecule has 0 spiro atoms. The van der Waals surface area contributed by atoms with Crippen molar-refractivity contribution in [2.75, 3.05) is 0 Å². The van der Waals surface area contributed by atoms with Crippen molar-refractivity contribution in [1.82, 2.24) is 15.2 Å². The molecule has 170 valence electrons. The molecule has 3 heterocycles. The van der Waals surface area contributed by atoms with Gasteiger partial charge in [0.2, 0.25) is 11.8 Å². The van der Waals surface area contributed by atoms with Crippen molar-refractivity contribution >= 4 is 22.7 Å². The van der Waals surface area contributed by atoms with Gasteiger partial charge in [0.25, 0.3) is 0 Å². The van der Waals surface area contributed by atoms with Gasteiger partial charge in [-0.25, -0.2) is 0 Å². The molecule has 33 heavy (non-hydrogen) atoms. The van der Waals surface area contributed by atoms with E-state index < -0.39 is 0 Å². The maximum atomic E-state index is 12.9. The zero-order valence-corrected chi connectivity index (χ0v) is 18.6.